The molecule has 2 aromatic rings. The Bertz CT molecular complexity index is 838. The topological polar surface area (TPSA) is 49.4 Å². The normalized spacial score (nSPS) is 15.1. The van der Waals surface area contributed by atoms with Crippen LogP contribution >= 0.6 is 11.6 Å². The van der Waals surface area contributed by atoms with Crippen molar-refractivity contribution in [2.24, 2.45) is 0 Å². The van der Waals surface area contributed by atoms with Crippen molar-refractivity contribution in [1.29, 1.82) is 0 Å². The molecule has 1 aliphatic heterocycles. The number of nitrogens with zero attached hydrogens (tertiary/aromatic N) is 1. The number of likely N-dealkylation sites (tertiary alicyclic amines) is 1. The highest BCUT2D eigenvalue weighted by Crippen LogP contribution is 2.22. The summed E-state index contributed by atoms with van der Waals surface area (Å²) in [5.74, 6) is -0.421. The molecule has 0 spiro atoms. The van der Waals surface area contributed by atoms with E-state index in [9.17, 15) is 9.59 Å². The minimum atomic E-state index is -0.288. The zero-order chi connectivity index (χ0) is 19.2. The van der Waals surface area contributed by atoms with Crippen LogP contribution in [-0.4, -0.2) is 29.8 Å². The number of carbonyl (C=O) groups excluding carboxylic acids is 2. The second-order valence-corrected chi connectivity index (χ2v) is 7.12. The molecule has 1 aliphatic rings. The Morgan fingerprint density at radius 3 is 2.15 bits per heavy atom. The summed E-state index contributed by atoms with van der Waals surface area (Å²) >= 11 is 5.98. The smallest absolute Gasteiger partial charge is 0.270 e. The molecule has 1 heterocycles. The summed E-state index contributed by atoms with van der Waals surface area (Å²) in [5.41, 5.74) is 2.43. The second-order valence-electron chi connectivity index (χ2n) is 6.68. The van der Waals surface area contributed by atoms with Crippen molar-refractivity contribution in [1.82, 2.24) is 10.2 Å². The van der Waals surface area contributed by atoms with Crippen molar-refractivity contribution in [3.8, 4) is 0 Å². The first-order valence-corrected chi connectivity index (χ1v) is 9.56. The van der Waals surface area contributed by atoms with Crippen molar-refractivity contribution >= 4 is 29.0 Å². The highest BCUT2D eigenvalue weighted by Gasteiger charge is 2.24. The highest BCUT2D eigenvalue weighted by atomic mass is 35.5. The molecule has 0 unspecified atom stereocenters. The molecule has 0 radical (unpaired) electrons. The van der Waals surface area contributed by atoms with E-state index in [0.29, 0.717) is 16.3 Å². The Morgan fingerprint density at radius 1 is 0.889 bits per heavy atom. The first kappa shape index (κ1) is 19.2. The number of allylic oxidation sites excluding steroid dienone is 1. The number of amides is 2. The lowest BCUT2D eigenvalue weighted by molar-refractivity contribution is -0.128. The van der Waals surface area contributed by atoms with Crippen LogP contribution in [0.25, 0.3) is 5.57 Å². The number of nitrogens with one attached hydrogen (secondary N) is 1. The number of rotatable bonds is 4. The number of carbonyl (C=O) groups is 2. The molecule has 0 bridgehead atoms. The SMILES string of the molecule is C/C(=C(/NC(=O)c1ccccc1)C(=O)N1CCCCC1)c1ccc(Cl)cc1. The van der Waals surface area contributed by atoms with Gasteiger partial charge in [0.1, 0.15) is 5.70 Å². The van der Waals surface area contributed by atoms with E-state index in [1.54, 1.807) is 36.4 Å². The second kappa shape index (κ2) is 8.87. The van der Waals surface area contributed by atoms with E-state index in [0.717, 1.165) is 43.5 Å². The molecular weight excluding hydrogens is 360 g/mol. The standard InChI is InChI=1S/C22H23ClN2O2/c1-16(17-10-12-19(23)13-11-17)20(22(27)25-14-6-3-7-15-25)24-21(26)18-8-4-2-5-9-18/h2,4-5,8-13H,3,6-7,14-15H2,1H3,(H,24,26)/b20-16-. The van der Waals surface area contributed by atoms with Gasteiger partial charge < -0.3 is 10.2 Å². The third kappa shape index (κ3) is 4.77. The summed E-state index contributed by atoms with van der Waals surface area (Å²) < 4.78 is 0. The average molecular weight is 383 g/mol. The molecular formula is C22H23ClN2O2. The molecule has 1 saturated heterocycles. The fraction of sp³-hybridized carbons (Fsp3) is 0.273. The van der Waals surface area contributed by atoms with Crippen molar-refractivity contribution in [2.75, 3.05) is 13.1 Å². The maximum atomic E-state index is 13.2. The number of halogens is 1. The van der Waals surface area contributed by atoms with Crippen LogP contribution in [0.2, 0.25) is 5.02 Å². The lowest BCUT2D eigenvalue weighted by Crippen LogP contribution is -2.41. The molecule has 2 aromatic carbocycles. The molecule has 2 amide bonds. The summed E-state index contributed by atoms with van der Waals surface area (Å²) in [6.07, 6.45) is 3.12. The van der Waals surface area contributed by atoms with E-state index in [2.05, 4.69) is 5.32 Å². The Kier molecular flexibility index (Phi) is 6.30. The molecule has 0 saturated carbocycles. The lowest BCUT2D eigenvalue weighted by Gasteiger charge is -2.28. The minimum Gasteiger partial charge on any atom is -0.337 e. The zero-order valence-corrected chi connectivity index (χ0v) is 16.1. The third-order valence-corrected chi connectivity index (χ3v) is 5.04. The van der Waals surface area contributed by atoms with Crippen LogP contribution in [-0.2, 0) is 4.79 Å². The molecule has 27 heavy (non-hydrogen) atoms. The van der Waals surface area contributed by atoms with Crippen LogP contribution in [0.15, 0.2) is 60.3 Å². The number of benzene rings is 2. The Hall–Kier alpha value is -2.59. The van der Waals surface area contributed by atoms with Gasteiger partial charge in [-0.2, -0.15) is 0 Å². The fourth-order valence-corrected chi connectivity index (χ4v) is 3.31. The van der Waals surface area contributed by atoms with Crippen LogP contribution in [0.1, 0.15) is 42.1 Å². The van der Waals surface area contributed by atoms with Gasteiger partial charge in [-0.25, -0.2) is 0 Å². The van der Waals surface area contributed by atoms with E-state index in [-0.39, 0.29) is 11.8 Å². The van der Waals surface area contributed by atoms with Gasteiger partial charge >= 0.3 is 0 Å². The Morgan fingerprint density at radius 2 is 1.52 bits per heavy atom. The average Bonchev–Trinajstić information content (AvgIpc) is 2.72. The van der Waals surface area contributed by atoms with Gasteiger partial charge in [-0.15, -0.1) is 0 Å². The number of piperidine rings is 1. The van der Waals surface area contributed by atoms with Gasteiger partial charge in [-0.05, 0) is 61.6 Å². The van der Waals surface area contributed by atoms with E-state index in [1.165, 1.54) is 0 Å². The van der Waals surface area contributed by atoms with E-state index >= 15 is 0 Å². The predicted octanol–water partition coefficient (Wildman–Crippen LogP) is 4.51. The van der Waals surface area contributed by atoms with E-state index in [4.69, 9.17) is 11.6 Å². The van der Waals surface area contributed by atoms with E-state index < -0.39 is 0 Å². The molecule has 1 N–H and O–H groups in total. The molecule has 140 valence electrons. The van der Waals surface area contributed by atoms with Gasteiger partial charge in [-0.1, -0.05) is 41.9 Å². The largest absolute Gasteiger partial charge is 0.337 e. The van der Waals surface area contributed by atoms with Gasteiger partial charge in [0, 0.05) is 23.7 Å². The van der Waals surface area contributed by atoms with Gasteiger partial charge in [0.15, 0.2) is 0 Å². The minimum absolute atomic E-state index is 0.133. The summed E-state index contributed by atoms with van der Waals surface area (Å²) in [4.78, 5) is 27.7. The quantitative estimate of drug-likeness (QED) is 0.790. The predicted molar refractivity (Wildman–Crippen MR) is 108 cm³/mol. The maximum Gasteiger partial charge on any atom is 0.270 e. The number of hydrogen-bond donors (Lipinski definition) is 1. The lowest BCUT2D eigenvalue weighted by atomic mass is 10.0. The number of hydrogen-bond acceptors (Lipinski definition) is 2. The first-order valence-electron chi connectivity index (χ1n) is 9.19. The zero-order valence-electron chi connectivity index (χ0n) is 15.4. The molecule has 1 fully saturated rings. The molecule has 5 heteroatoms. The fourth-order valence-electron chi connectivity index (χ4n) is 3.18. The maximum absolute atomic E-state index is 13.2. The monoisotopic (exact) mass is 382 g/mol. The summed E-state index contributed by atoms with van der Waals surface area (Å²) in [6, 6.07) is 16.2. The van der Waals surface area contributed by atoms with Crippen LogP contribution in [0, 0.1) is 0 Å². The van der Waals surface area contributed by atoms with Crippen molar-refractivity contribution in [3.05, 3.63) is 76.4 Å². The Labute approximate surface area is 164 Å². The summed E-state index contributed by atoms with van der Waals surface area (Å²) in [6.45, 7) is 3.29. The van der Waals surface area contributed by atoms with Crippen LogP contribution in [0.4, 0.5) is 0 Å². The van der Waals surface area contributed by atoms with Crippen LogP contribution < -0.4 is 5.32 Å². The molecule has 0 aliphatic carbocycles. The third-order valence-electron chi connectivity index (χ3n) is 4.78. The molecule has 0 aromatic heterocycles. The summed E-state index contributed by atoms with van der Waals surface area (Å²) in [7, 11) is 0. The van der Waals surface area contributed by atoms with E-state index in [1.807, 2.05) is 30.0 Å². The summed E-state index contributed by atoms with van der Waals surface area (Å²) in [5, 5.41) is 3.49. The van der Waals surface area contributed by atoms with Gasteiger partial charge in [-0.3, -0.25) is 9.59 Å². The highest BCUT2D eigenvalue weighted by molar-refractivity contribution is 6.30. The van der Waals surface area contributed by atoms with Gasteiger partial charge in [0.05, 0.1) is 0 Å². The molecule has 4 nitrogen and oxygen atoms in total. The molecule has 3 rings (SSSR count). The van der Waals surface area contributed by atoms with Crippen molar-refractivity contribution in [3.63, 3.8) is 0 Å². The van der Waals surface area contributed by atoms with Crippen molar-refractivity contribution in [2.45, 2.75) is 26.2 Å². The molecule has 0 atom stereocenters. The first-order chi connectivity index (χ1) is 13.1. The van der Waals surface area contributed by atoms with Gasteiger partial charge in [0.25, 0.3) is 11.8 Å². The van der Waals surface area contributed by atoms with Gasteiger partial charge in [0.2, 0.25) is 0 Å². The Balaban J connectivity index is 1.94. The van der Waals surface area contributed by atoms with Crippen molar-refractivity contribution < 1.29 is 9.59 Å². The van der Waals surface area contributed by atoms with Crippen LogP contribution in [0.3, 0.4) is 0 Å². The van der Waals surface area contributed by atoms with Crippen LogP contribution in [0.5, 0.6) is 0 Å².